The molecule has 0 amide bonds. The van der Waals surface area contributed by atoms with Crippen LogP contribution in [0, 0.1) is 17.8 Å². The Morgan fingerprint density at radius 1 is 0.704 bits per heavy atom. The number of rotatable bonds is 3. The van der Waals surface area contributed by atoms with E-state index in [-0.39, 0.29) is 0 Å². The Morgan fingerprint density at radius 3 is 2.04 bits per heavy atom. The molecule has 2 unspecified atom stereocenters. The highest BCUT2D eigenvalue weighted by atomic mass is 14.6. The van der Waals surface area contributed by atoms with Crippen LogP contribution in [0.5, 0.6) is 0 Å². The summed E-state index contributed by atoms with van der Waals surface area (Å²) in [4.78, 5) is 0. The lowest BCUT2D eigenvalue weighted by molar-refractivity contribution is 0.415. The maximum absolute atomic E-state index is 5.94. The molecule has 0 bridgehead atoms. The van der Waals surface area contributed by atoms with Crippen LogP contribution in [0.1, 0.15) is 71.6 Å². The van der Waals surface area contributed by atoms with Crippen molar-refractivity contribution in [1.29, 1.82) is 0 Å². The number of hydrogen-bond donors (Lipinski definition) is 1. The minimum atomic E-state index is 0.640. The van der Waals surface area contributed by atoms with Crippen LogP contribution in [0.4, 0.5) is 0 Å². The summed E-state index contributed by atoms with van der Waals surface area (Å²) in [5.41, 5.74) is 15.0. The van der Waals surface area contributed by atoms with E-state index in [1.165, 1.54) is 44.9 Å². The second-order valence-corrected chi connectivity index (χ2v) is 9.12. The van der Waals surface area contributed by atoms with Gasteiger partial charge in [0.05, 0.1) is 0 Å². The van der Waals surface area contributed by atoms with E-state index in [0.717, 1.165) is 24.5 Å². The summed E-state index contributed by atoms with van der Waals surface area (Å²) in [7, 11) is 0. The Balaban J connectivity index is 1.46. The first-order valence-corrected chi connectivity index (χ1v) is 11.1. The van der Waals surface area contributed by atoms with E-state index in [2.05, 4.69) is 50.3 Å². The highest BCUT2D eigenvalue weighted by Crippen LogP contribution is 2.41. The van der Waals surface area contributed by atoms with E-state index >= 15 is 0 Å². The Morgan fingerprint density at radius 2 is 1.44 bits per heavy atom. The van der Waals surface area contributed by atoms with Crippen molar-refractivity contribution in [1.82, 2.24) is 0 Å². The molecule has 3 atom stereocenters. The fourth-order valence-electron chi connectivity index (χ4n) is 5.42. The number of nitrogens with two attached hydrogens (primary N) is 1. The molecule has 0 spiro atoms. The molecule has 1 heteroatoms. The summed E-state index contributed by atoms with van der Waals surface area (Å²) in [6.07, 6.45) is 25.6. The maximum Gasteiger partial charge on any atom is 0.00836 e. The molecule has 0 aromatic carbocycles. The fraction of sp³-hybridized carbons (Fsp3) is 0.538. The smallest absolute Gasteiger partial charge is 0.00836 e. The van der Waals surface area contributed by atoms with Crippen LogP contribution in [0.25, 0.3) is 0 Å². The van der Waals surface area contributed by atoms with Crippen LogP contribution in [0.3, 0.4) is 0 Å². The molecule has 1 nitrogen and oxygen atoms in total. The SMILES string of the molecule is CC1C=C(C2=CC=C(C3=C[C@H](C)CCC3)CC2)CCC1C1=CC=C(N)CC1. The average Bonchev–Trinajstić information content (AvgIpc) is 2.69. The molecule has 4 rings (SSSR count). The standard InChI is InChI=1S/C26H35N/c1-18-4-3-5-23(16-18)20-6-8-21(9-7-20)24-12-15-26(19(2)17-24)22-10-13-25(27)14-11-22/h6,8,10,13,16-19,26H,3-5,7,9,11-12,14-15,27H2,1-2H3/t18-,19?,26?/m1/s1. The van der Waals surface area contributed by atoms with Crippen LogP contribution in [-0.4, -0.2) is 0 Å². The number of hydrogen-bond acceptors (Lipinski definition) is 1. The van der Waals surface area contributed by atoms with E-state index in [1.807, 2.05) is 0 Å². The average molecular weight is 362 g/mol. The topological polar surface area (TPSA) is 26.0 Å². The Hall–Kier alpha value is -1.76. The van der Waals surface area contributed by atoms with Gasteiger partial charge in [-0.25, -0.2) is 0 Å². The summed E-state index contributed by atoms with van der Waals surface area (Å²) >= 11 is 0. The Bertz CT molecular complexity index is 768. The molecule has 0 aromatic heterocycles. The lowest BCUT2D eigenvalue weighted by Gasteiger charge is -2.32. The molecular weight excluding hydrogens is 326 g/mol. The molecule has 0 fully saturated rings. The summed E-state index contributed by atoms with van der Waals surface area (Å²) < 4.78 is 0. The molecule has 0 aromatic rings. The zero-order valence-corrected chi connectivity index (χ0v) is 17.1. The molecule has 2 N–H and O–H groups in total. The van der Waals surface area contributed by atoms with E-state index in [1.54, 1.807) is 27.9 Å². The highest BCUT2D eigenvalue weighted by Gasteiger charge is 2.27. The van der Waals surface area contributed by atoms with Crippen molar-refractivity contribution in [2.45, 2.75) is 71.6 Å². The van der Waals surface area contributed by atoms with Crippen LogP contribution >= 0.6 is 0 Å². The lowest BCUT2D eigenvalue weighted by atomic mass is 9.73. The van der Waals surface area contributed by atoms with E-state index in [9.17, 15) is 0 Å². The van der Waals surface area contributed by atoms with Gasteiger partial charge in [0.25, 0.3) is 0 Å². The minimum absolute atomic E-state index is 0.640. The van der Waals surface area contributed by atoms with Crippen molar-refractivity contribution in [3.63, 3.8) is 0 Å². The van der Waals surface area contributed by atoms with Gasteiger partial charge in [0.2, 0.25) is 0 Å². The van der Waals surface area contributed by atoms with E-state index in [0.29, 0.717) is 11.8 Å². The van der Waals surface area contributed by atoms with Gasteiger partial charge in [-0.05, 0) is 104 Å². The van der Waals surface area contributed by atoms with Gasteiger partial charge in [-0.3, -0.25) is 0 Å². The van der Waals surface area contributed by atoms with Crippen molar-refractivity contribution in [3.8, 4) is 0 Å². The van der Waals surface area contributed by atoms with Gasteiger partial charge in [0, 0.05) is 5.70 Å². The monoisotopic (exact) mass is 361 g/mol. The molecule has 27 heavy (non-hydrogen) atoms. The first-order chi connectivity index (χ1) is 13.1. The van der Waals surface area contributed by atoms with Crippen LogP contribution < -0.4 is 5.73 Å². The molecular formula is C26H35N. The van der Waals surface area contributed by atoms with Gasteiger partial charge in [-0.1, -0.05) is 49.8 Å². The van der Waals surface area contributed by atoms with Crippen molar-refractivity contribution < 1.29 is 0 Å². The second-order valence-electron chi connectivity index (χ2n) is 9.12. The quantitative estimate of drug-likeness (QED) is 0.580. The summed E-state index contributed by atoms with van der Waals surface area (Å²) in [6.45, 7) is 4.77. The van der Waals surface area contributed by atoms with Crippen LogP contribution in [0.2, 0.25) is 0 Å². The van der Waals surface area contributed by atoms with Crippen molar-refractivity contribution in [3.05, 3.63) is 70.0 Å². The van der Waals surface area contributed by atoms with Gasteiger partial charge < -0.3 is 5.73 Å². The largest absolute Gasteiger partial charge is 0.402 e. The molecule has 4 aliphatic carbocycles. The molecule has 0 saturated carbocycles. The molecule has 0 aliphatic heterocycles. The van der Waals surface area contributed by atoms with Crippen LogP contribution in [-0.2, 0) is 0 Å². The molecule has 0 saturated heterocycles. The zero-order chi connectivity index (χ0) is 18.8. The van der Waals surface area contributed by atoms with Crippen molar-refractivity contribution >= 4 is 0 Å². The predicted octanol–water partition coefficient (Wildman–Crippen LogP) is 6.91. The molecule has 0 radical (unpaired) electrons. The second kappa shape index (κ2) is 8.09. The maximum atomic E-state index is 5.94. The third-order valence-electron chi connectivity index (χ3n) is 7.08. The summed E-state index contributed by atoms with van der Waals surface area (Å²) in [6, 6.07) is 0. The third-order valence-corrected chi connectivity index (χ3v) is 7.08. The summed E-state index contributed by atoms with van der Waals surface area (Å²) in [5, 5.41) is 0. The van der Waals surface area contributed by atoms with Gasteiger partial charge in [0.15, 0.2) is 0 Å². The van der Waals surface area contributed by atoms with Gasteiger partial charge >= 0.3 is 0 Å². The van der Waals surface area contributed by atoms with Crippen LogP contribution in [0.15, 0.2) is 70.0 Å². The summed E-state index contributed by atoms with van der Waals surface area (Å²) in [5.74, 6) is 2.11. The lowest BCUT2D eigenvalue weighted by Crippen LogP contribution is -2.20. The Labute approximate surface area is 165 Å². The van der Waals surface area contributed by atoms with Crippen molar-refractivity contribution in [2.24, 2.45) is 23.5 Å². The van der Waals surface area contributed by atoms with Crippen molar-refractivity contribution in [2.75, 3.05) is 0 Å². The first kappa shape index (κ1) is 18.6. The van der Waals surface area contributed by atoms with Gasteiger partial charge in [0.1, 0.15) is 0 Å². The normalized spacial score (nSPS) is 31.9. The third kappa shape index (κ3) is 4.23. The van der Waals surface area contributed by atoms with E-state index in [4.69, 9.17) is 5.73 Å². The predicted molar refractivity (Wildman–Crippen MR) is 116 cm³/mol. The highest BCUT2D eigenvalue weighted by molar-refractivity contribution is 5.45. The van der Waals surface area contributed by atoms with Gasteiger partial charge in [-0.15, -0.1) is 0 Å². The molecule has 144 valence electrons. The minimum Gasteiger partial charge on any atom is -0.402 e. The Kier molecular flexibility index (Phi) is 5.57. The van der Waals surface area contributed by atoms with Gasteiger partial charge in [-0.2, -0.15) is 0 Å². The van der Waals surface area contributed by atoms with E-state index < -0.39 is 0 Å². The molecule has 4 aliphatic rings. The first-order valence-electron chi connectivity index (χ1n) is 11.1. The number of allylic oxidation sites excluding steroid dienone is 12. The zero-order valence-electron chi connectivity index (χ0n) is 17.1. The fourth-order valence-corrected chi connectivity index (χ4v) is 5.42. The molecule has 0 heterocycles.